The van der Waals surface area contributed by atoms with Gasteiger partial charge in [0.25, 0.3) is 7.44 Å². The molecule has 0 bridgehead atoms. The number of hydrogen-bond donors (Lipinski definition) is 1. The van der Waals surface area contributed by atoms with Crippen LogP contribution in [0.15, 0.2) is 30.3 Å². The number of ether oxygens (including phenoxy) is 2. The molecule has 0 spiro atoms. The van der Waals surface area contributed by atoms with Gasteiger partial charge in [0, 0.05) is 14.2 Å². The molecule has 0 saturated heterocycles. The van der Waals surface area contributed by atoms with Crippen LogP contribution in [-0.2, 0) is 30.3 Å². The number of methoxy groups -OCH3 is 1. The molecular weight excluding hydrogens is 307 g/mol. The Kier molecular flexibility index (Phi) is 7.72. The summed E-state index contributed by atoms with van der Waals surface area (Å²) in [5.41, 5.74) is 0.886. The lowest BCUT2D eigenvalue weighted by molar-refractivity contribution is -0.146. The molecular formula is C14H23N2O5P. The van der Waals surface area contributed by atoms with E-state index in [4.69, 9.17) is 14.3 Å². The average molecular weight is 330 g/mol. The predicted molar refractivity (Wildman–Crippen MR) is 83.1 cm³/mol. The molecule has 0 aliphatic rings. The first-order chi connectivity index (χ1) is 10.4. The Balaban J connectivity index is 2.59. The minimum absolute atomic E-state index is 0.0896. The molecule has 124 valence electrons. The summed E-state index contributed by atoms with van der Waals surface area (Å²) in [4.78, 5) is 18.1. The number of rotatable bonds is 9. The van der Waals surface area contributed by atoms with E-state index < -0.39 is 19.5 Å². The van der Waals surface area contributed by atoms with E-state index in [9.17, 15) is 9.36 Å². The summed E-state index contributed by atoms with van der Waals surface area (Å²) in [6.45, 7) is 1.75. The SMILES string of the molecule is COCP(=O)(N[C@@H](C)C(=O)OCc1ccccc1)N(C)OC. The van der Waals surface area contributed by atoms with Crippen molar-refractivity contribution in [2.45, 2.75) is 19.6 Å². The van der Waals surface area contributed by atoms with Crippen molar-refractivity contribution in [2.75, 3.05) is 27.6 Å². The monoisotopic (exact) mass is 330 g/mol. The summed E-state index contributed by atoms with van der Waals surface area (Å²) in [5.74, 6) is -0.496. The number of carbonyl (C=O) groups excluding carboxylic acids is 1. The minimum Gasteiger partial charge on any atom is -0.460 e. The number of esters is 1. The van der Waals surface area contributed by atoms with Gasteiger partial charge in [0.1, 0.15) is 19.0 Å². The fourth-order valence-electron chi connectivity index (χ4n) is 1.72. The summed E-state index contributed by atoms with van der Waals surface area (Å²) in [7, 11) is 1.15. The Hall–Kier alpha value is -1.24. The zero-order valence-corrected chi connectivity index (χ0v) is 14.2. The van der Waals surface area contributed by atoms with Gasteiger partial charge in [-0.2, -0.15) is 0 Å². The number of hydrogen-bond acceptors (Lipinski definition) is 5. The van der Waals surface area contributed by atoms with Crippen molar-refractivity contribution < 1.29 is 23.7 Å². The third-order valence-electron chi connectivity index (χ3n) is 3.00. The van der Waals surface area contributed by atoms with Gasteiger partial charge in [-0.25, -0.2) is 5.09 Å². The van der Waals surface area contributed by atoms with Gasteiger partial charge < -0.3 is 9.47 Å². The van der Waals surface area contributed by atoms with Crippen molar-refractivity contribution >= 4 is 13.4 Å². The highest BCUT2D eigenvalue weighted by Crippen LogP contribution is 2.44. The summed E-state index contributed by atoms with van der Waals surface area (Å²) in [5, 5.41) is 2.74. The quantitative estimate of drug-likeness (QED) is 0.421. The zero-order valence-electron chi connectivity index (χ0n) is 13.3. The lowest BCUT2D eigenvalue weighted by Gasteiger charge is -2.28. The van der Waals surface area contributed by atoms with Crippen LogP contribution in [0.1, 0.15) is 12.5 Å². The number of nitrogens with zero attached hydrogens (tertiary/aromatic N) is 1. The molecule has 0 radical (unpaired) electrons. The standard InChI is InChI=1S/C14H23N2O5P/c1-12(15-22(18,11-19-3)16(2)20-4)14(17)21-10-13-8-6-5-7-9-13/h5-9,12H,10-11H2,1-4H3,(H,15,18)/t12-,22?/m0/s1. The van der Waals surface area contributed by atoms with Crippen LogP contribution in [0.2, 0.25) is 0 Å². The Morgan fingerprint density at radius 1 is 1.32 bits per heavy atom. The number of benzene rings is 1. The van der Waals surface area contributed by atoms with Crippen LogP contribution in [-0.4, -0.2) is 44.5 Å². The molecule has 8 heteroatoms. The summed E-state index contributed by atoms with van der Waals surface area (Å²) in [6, 6.07) is 8.58. The average Bonchev–Trinajstić information content (AvgIpc) is 2.52. The molecule has 0 heterocycles. The van der Waals surface area contributed by atoms with E-state index in [0.29, 0.717) is 0 Å². The molecule has 0 fully saturated rings. The highest BCUT2D eigenvalue weighted by Gasteiger charge is 2.32. The van der Waals surface area contributed by atoms with Gasteiger partial charge in [-0.3, -0.25) is 14.2 Å². The first-order valence-electron chi connectivity index (χ1n) is 6.77. The molecule has 1 rings (SSSR count). The maximum atomic E-state index is 12.7. The second-order valence-corrected chi connectivity index (χ2v) is 7.19. The highest BCUT2D eigenvalue weighted by molar-refractivity contribution is 7.59. The van der Waals surface area contributed by atoms with Crippen LogP contribution in [0.25, 0.3) is 0 Å². The second kappa shape index (κ2) is 9.02. The van der Waals surface area contributed by atoms with Crippen molar-refractivity contribution in [2.24, 2.45) is 0 Å². The lowest BCUT2D eigenvalue weighted by atomic mass is 10.2. The minimum atomic E-state index is -3.18. The fraction of sp³-hybridized carbons (Fsp3) is 0.500. The number of carbonyl (C=O) groups is 1. The molecule has 22 heavy (non-hydrogen) atoms. The van der Waals surface area contributed by atoms with Crippen molar-refractivity contribution in [3.8, 4) is 0 Å². The zero-order chi connectivity index (χ0) is 16.6. The Bertz CT molecular complexity index is 511. The topological polar surface area (TPSA) is 77.1 Å². The second-order valence-electron chi connectivity index (χ2n) is 4.71. The fourth-order valence-corrected chi connectivity index (χ4v) is 3.44. The van der Waals surface area contributed by atoms with Crippen molar-refractivity contribution in [3.05, 3.63) is 35.9 Å². The van der Waals surface area contributed by atoms with E-state index in [0.717, 1.165) is 10.4 Å². The van der Waals surface area contributed by atoms with Gasteiger partial charge in [0.15, 0.2) is 0 Å². The third-order valence-corrected chi connectivity index (χ3v) is 5.47. The van der Waals surface area contributed by atoms with E-state index >= 15 is 0 Å². The Morgan fingerprint density at radius 3 is 2.50 bits per heavy atom. The Labute approximate surface area is 131 Å². The van der Waals surface area contributed by atoms with Crippen LogP contribution < -0.4 is 5.09 Å². The first kappa shape index (κ1) is 18.8. The molecule has 1 aromatic rings. The number of hydroxylamine groups is 1. The van der Waals surface area contributed by atoms with Gasteiger partial charge in [0.05, 0.1) is 7.11 Å². The lowest BCUT2D eigenvalue weighted by Crippen LogP contribution is -2.38. The van der Waals surface area contributed by atoms with Gasteiger partial charge in [0.2, 0.25) is 0 Å². The van der Waals surface area contributed by atoms with Gasteiger partial charge in [-0.15, -0.1) is 4.83 Å². The first-order valence-corrected chi connectivity index (χ1v) is 8.62. The molecule has 0 aliphatic heterocycles. The normalized spacial score (nSPS) is 15.3. The van der Waals surface area contributed by atoms with Crippen molar-refractivity contribution in [1.82, 2.24) is 9.92 Å². The van der Waals surface area contributed by atoms with Gasteiger partial charge in [-0.05, 0) is 12.5 Å². The molecule has 7 nitrogen and oxygen atoms in total. The maximum absolute atomic E-state index is 12.7. The summed E-state index contributed by atoms with van der Waals surface area (Å²) < 4.78 is 22.8. The van der Waals surface area contributed by atoms with Gasteiger partial charge >= 0.3 is 5.97 Å². The molecule has 0 aliphatic carbocycles. The van der Waals surface area contributed by atoms with E-state index in [1.54, 1.807) is 6.92 Å². The molecule has 0 saturated carbocycles. The van der Waals surface area contributed by atoms with Crippen LogP contribution in [0.4, 0.5) is 0 Å². The molecule has 1 aromatic carbocycles. The Morgan fingerprint density at radius 2 is 1.95 bits per heavy atom. The maximum Gasteiger partial charge on any atom is 0.323 e. The van der Waals surface area contributed by atoms with E-state index in [2.05, 4.69) is 5.09 Å². The van der Waals surface area contributed by atoms with Crippen LogP contribution >= 0.6 is 7.44 Å². The van der Waals surface area contributed by atoms with E-state index in [-0.39, 0.29) is 13.0 Å². The van der Waals surface area contributed by atoms with Gasteiger partial charge in [-0.1, -0.05) is 30.3 Å². The highest BCUT2D eigenvalue weighted by atomic mass is 31.2. The molecule has 0 aromatic heterocycles. The van der Waals surface area contributed by atoms with E-state index in [1.807, 2.05) is 30.3 Å². The third kappa shape index (κ3) is 5.51. The van der Waals surface area contributed by atoms with Crippen molar-refractivity contribution in [1.29, 1.82) is 0 Å². The smallest absolute Gasteiger partial charge is 0.323 e. The molecule has 1 N–H and O–H groups in total. The molecule has 1 unspecified atom stereocenters. The van der Waals surface area contributed by atoms with Crippen LogP contribution in [0.3, 0.4) is 0 Å². The molecule has 2 atom stereocenters. The summed E-state index contributed by atoms with van der Waals surface area (Å²) >= 11 is 0. The van der Waals surface area contributed by atoms with Crippen LogP contribution in [0, 0.1) is 0 Å². The molecule has 0 amide bonds. The van der Waals surface area contributed by atoms with Crippen LogP contribution in [0.5, 0.6) is 0 Å². The van der Waals surface area contributed by atoms with Crippen molar-refractivity contribution in [3.63, 3.8) is 0 Å². The summed E-state index contributed by atoms with van der Waals surface area (Å²) in [6.07, 6.45) is -0.0896. The number of nitrogens with one attached hydrogen (secondary N) is 1. The van der Waals surface area contributed by atoms with E-state index in [1.165, 1.54) is 21.3 Å². The predicted octanol–water partition coefficient (Wildman–Crippen LogP) is 2.00. The largest absolute Gasteiger partial charge is 0.460 e.